The second-order valence-electron chi connectivity index (χ2n) is 5.71. The van der Waals surface area contributed by atoms with Gasteiger partial charge in [0.15, 0.2) is 0 Å². The minimum absolute atomic E-state index is 0.0168. The first kappa shape index (κ1) is 12.6. The fraction of sp³-hybridized carbons (Fsp3) is 0.375. The number of fused-ring (bicyclic) bond motifs is 1. The molecule has 0 spiro atoms. The molecule has 0 saturated heterocycles. The molecular formula is C16H18N4O. The van der Waals surface area contributed by atoms with Crippen molar-refractivity contribution in [3.05, 3.63) is 41.7 Å². The maximum atomic E-state index is 12.0. The quantitative estimate of drug-likeness (QED) is 0.905. The number of amides is 1. The summed E-state index contributed by atoms with van der Waals surface area (Å²) in [5.41, 5.74) is 4.05. The van der Waals surface area contributed by atoms with E-state index in [2.05, 4.69) is 21.8 Å². The van der Waals surface area contributed by atoms with Crippen molar-refractivity contribution in [2.45, 2.75) is 31.7 Å². The molecule has 0 bridgehead atoms. The number of carbonyl (C=O) groups excluding carboxylic acids is 1. The number of likely N-dealkylation sites (N-methyl/N-ethyl adjacent to an activating group) is 1. The Morgan fingerprint density at radius 3 is 3.00 bits per heavy atom. The molecular weight excluding hydrogens is 264 g/mol. The summed E-state index contributed by atoms with van der Waals surface area (Å²) in [7, 11) is 0. The highest BCUT2D eigenvalue weighted by Crippen LogP contribution is 2.39. The molecule has 1 aromatic heterocycles. The molecule has 1 aliphatic heterocycles. The van der Waals surface area contributed by atoms with Crippen LogP contribution in [0.2, 0.25) is 0 Å². The number of benzene rings is 1. The Kier molecular flexibility index (Phi) is 2.82. The van der Waals surface area contributed by atoms with Crippen molar-refractivity contribution in [1.29, 1.82) is 0 Å². The summed E-state index contributed by atoms with van der Waals surface area (Å²) in [5.74, 6) is 0.668. The zero-order chi connectivity index (χ0) is 14.4. The van der Waals surface area contributed by atoms with E-state index >= 15 is 0 Å². The summed E-state index contributed by atoms with van der Waals surface area (Å²) in [4.78, 5) is 12.0. The SMILES string of the molecule is CCNC1C(=O)Nc2cc(-n3ccc(C4CC4)n3)ccc21. The van der Waals surface area contributed by atoms with E-state index < -0.39 is 0 Å². The summed E-state index contributed by atoms with van der Waals surface area (Å²) < 4.78 is 1.89. The van der Waals surface area contributed by atoms with Crippen LogP contribution in [0.15, 0.2) is 30.5 Å². The fourth-order valence-corrected chi connectivity index (χ4v) is 2.88. The molecule has 0 radical (unpaired) electrons. The Bertz CT molecular complexity index is 702. The van der Waals surface area contributed by atoms with Crippen LogP contribution in [0.1, 0.15) is 43.0 Å². The van der Waals surface area contributed by atoms with Gasteiger partial charge in [0.25, 0.3) is 0 Å². The van der Waals surface area contributed by atoms with Crippen LogP contribution in [0.3, 0.4) is 0 Å². The predicted octanol–water partition coefficient (Wildman–Crippen LogP) is 2.35. The third kappa shape index (κ3) is 2.14. The van der Waals surface area contributed by atoms with E-state index in [-0.39, 0.29) is 11.9 Å². The molecule has 5 heteroatoms. The minimum Gasteiger partial charge on any atom is -0.324 e. The van der Waals surface area contributed by atoms with Gasteiger partial charge in [-0.3, -0.25) is 4.79 Å². The first-order chi connectivity index (χ1) is 10.3. The molecule has 2 aliphatic rings. The molecule has 1 aliphatic carbocycles. The van der Waals surface area contributed by atoms with Crippen LogP contribution in [0, 0.1) is 0 Å². The van der Waals surface area contributed by atoms with E-state index in [1.807, 2.05) is 36.0 Å². The topological polar surface area (TPSA) is 59.0 Å². The summed E-state index contributed by atoms with van der Waals surface area (Å²) in [5, 5.41) is 10.8. The number of carbonyl (C=O) groups is 1. The number of hydrogen-bond donors (Lipinski definition) is 2. The monoisotopic (exact) mass is 282 g/mol. The molecule has 2 aromatic rings. The second-order valence-corrected chi connectivity index (χ2v) is 5.71. The Labute approximate surface area is 123 Å². The van der Waals surface area contributed by atoms with Crippen LogP contribution in [0.25, 0.3) is 5.69 Å². The van der Waals surface area contributed by atoms with Crippen molar-refractivity contribution in [3.8, 4) is 5.69 Å². The molecule has 1 atom stereocenters. The van der Waals surface area contributed by atoms with Crippen molar-refractivity contribution < 1.29 is 4.79 Å². The maximum Gasteiger partial charge on any atom is 0.246 e. The largest absolute Gasteiger partial charge is 0.324 e. The van der Waals surface area contributed by atoms with Crippen LogP contribution < -0.4 is 10.6 Å². The lowest BCUT2D eigenvalue weighted by atomic mass is 10.1. The Morgan fingerprint density at radius 1 is 1.38 bits per heavy atom. The fourth-order valence-electron chi connectivity index (χ4n) is 2.88. The van der Waals surface area contributed by atoms with Gasteiger partial charge in [-0.15, -0.1) is 0 Å². The van der Waals surface area contributed by atoms with Gasteiger partial charge in [-0.1, -0.05) is 13.0 Å². The van der Waals surface area contributed by atoms with Crippen LogP contribution in [0.4, 0.5) is 5.69 Å². The molecule has 21 heavy (non-hydrogen) atoms. The van der Waals surface area contributed by atoms with Gasteiger partial charge in [0, 0.05) is 23.4 Å². The number of anilines is 1. The second kappa shape index (κ2) is 4.70. The van der Waals surface area contributed by atoms with E-state index in [4.69, 9.17) is 0 Å². The predicted molar refractivity (Wildman–Crippen MR) is 80.6 cm³/mol. The van der Waals surface area contributed by atoms with E-state index in [0.29, 0.717) is 5.92 Å². The molecule has 5 nitrogen and oxygen atoms in total. The Morgan fingerprint density at radius 2 is 2.24 bits per heavy atom. The highest BCUT2D eigenvalue weighted by molar-refractivity contribution is 6.02. The first-order valence-electron chi connectivity index (χ1n) is 7.50. The van der Waals surface area contributed by atoms with Gasteiger partial charge >= 0.3 is 0 Å². The number of rotatable bonds is 4. The average Bonchev–Trinajstić information content (AvgIpc) is 3.13. The maximum absolute atomic E-state index is 12.0. The molecule has 4 rings (SSSR count). The minimum atomic E-state index is -0.237. The van der Waals surface area contributed by atoms with Gasteiger partial charge in [0.05, 0.1) is 11.4 Å². The van der Waals surface area contributed by atoms with Crippen molar-refractivity contribution in [2.75, 3.05) is 11.9 Å². The normalized spacial score (nSPS) is 20.4. The lowest BCUT2D eigenvalue weighted by molar-refractivity contribution is -0.117. The van der Waals surface area contributed by atoms with Crippen molar-refractivity contribution in [2.24, 2.45) is 0 Å². The number of nitrogens with zero attached hydrogens (tertiary/aromatic N) is 2. The van der Waals surface area contributed by atoms with Crippen LogP contribution in [-0.4, -0.2) is 22.2 Å². The molecule has 1 aromatic carbocycles. The Balaban J connectivity index is 1.66. The van der Waals surface area contributed by atoms with Crippen LogP contribution in [0.5, 0.6) is 0 Å². The van der Waals surface area contributed by atoms with Gasteiger partial charge in [0.1, 0.15) is 6.04 Å². The smallest absolute Gasteiger partial charge is 0.246 e. The highest BCUT2D eigenvalue weighted by atomic mass is 16.2. The zero-order valence-electron chi connectivity index (χ0n) is 12.0. The molecule has 108 valence electrons. The summed E-state index contributed by atoms with van der Waals surface area (Å²) in [6.07, 6.45) is 4.50. The van der Waals surface area contributed by atoms with Gasteiger partial charge in [-0.05, 0) is 37.6 Å². The van der Waals surface area contributed by atoms with Gasteiger partial charge in [0.2, 0.25) is 5.91 Å². The van der Waals surface area contributed by atoms with E-state index in [1.165, 1.54) is 18.5 Å². The number of aromatic nitrogens is 2. The van der Waals surface area contributed by atoms with Gasteiger partial charge in [-0.2, -0.15) is 5.10 Å². The first-order valence-corrected chi connectivity index (χ1v) is 7.50. The van der Waals surface area contributed by atoms with E-state index in [1.54, 1.807) is 0 Å². The zero-order valence-corrected chi connectivity index (χ0v) is 12.0. The molecule has 1 fully saturated rings. The van der Waals surface area contributed by atoms with Crippen LogP contribution >= 0.6 is 0 Å². The van der Waals surface area contributed by atoms with E-state index in [0.717, 1.165) is 23.5 Å². The summed E-state index contributed by atoms with van der Waals surface area (Å²) in [6, 6.07) is 7.87. The number of hydrogen-bond acceptors (Lipinski definition) is 3. The average molecular weight is 282 g/mol. The third-order valence-electron chi connectivity index (χ3n) is 4.15. The van der Waals surface area contributed by atoms with Crippen molar-refractivity contribution in [3.63, 3.8) is 0 Å². The lowest BCUT2D eigenvalue weighted by Crippen LogP contribution is -2.27. The Hall–Kier alpha value is -2.14. The number of nitrogens with one attached hydrogen (secondary N) is 2. The lowest BCUT2D eigenvalue weighted by Gasteiger charge is -2.09. The van der Waals surface area contributed by atoms with Crippen molar-refractivity contribution in [1.82, 2.24) is 15.1 Å². The molecule has 1 unspecified atom stereocenters. The van der Waals surface area contributed by atoms with Crippen LogP contribution in [-0.2, 0) is 4.79 Å². The summed E-state index contributed by atoms with van der Waals surface area (Å²) in [6.45, 7) is 2.77. The standard InChI is InChI=1S/C16H18N4O/c1-2-17-15-12-6-5-11(9-14(12)18-16(15)21)20-8-7-13(19-20)10-3-4-10/h5-10,15,17H,2-4H2,1H3,(H,18,21). The molecule has 1 saturated carbocycles. The molecule has 2 heterocycles. The van der Waals surface area contributed by atoms with Gasteiger partial charge in [-0.25, -0.2) is 4.68 Å². The summed E-state index contributed by atoms with van der Waals surface area (Å²) >= 11 is 0. The highest BCUT2D eigenvalue weighted by Gasteiger charge is 2.30. The third-order valence-corrected chi connectivity index (χ3v) is 4.15. The van der Waals surface area contributed by atoms with Crippen molar-refractivity contribution >= 4 is 11.6 Å². The molecule has 1 amide bonds. The molecule has 2 N–H and O–H groups in total. The van der Waals surface area contributed by atoms with E-state index in [9.17, 15) is 4.79 Å². The van der Waals surface area contributed by atoms with Gasteiger partial charge < -0.3 is 10.6 Å².